The van der Waals surface area contributed by atoms with Crippen molar-refractivity contribution in [3.05, 3.63) is 132 Å². The quantitative estimate of drug-likeness (QED) is 0.355. The molecule has 0 unspecified atom stereocenters. The van der Waals surface area contributed by atoms with E-state index >= 15 is 0 Å². The molecule has 3 rings (SSSR count). The number of benzene rings is 1. The summed E-state index contributed by atoms with van der Waals surface area (Å²) in [4.78, 5) is 18.0. The molecule has 5 heteroatoms. The maximum absolute atomic E-state index is 13.3. The Morgan fingerprint density at radius 2 is 1.94 bits per heavy atom. The van der Waals surface area contributed by atoms with Crippen molar-refractivity contribution < 1.29 is 4.74 Å². The molecule has 5 nitrogen and oxygen atoms in total. The van der Waals surface area contributed by atoms with Gasteiger partial charge in [-0.25, -0.2) is 0 Å². The Balaban J connectivity index is 2.22. The summed E-state index contributed by atoms with van der Waals surface area (Å²) in [5.41, 5.74) is 3.23. The van der Waals surface area contributed by atoms with Gasteiger partial charge in [0.25, 0.3) is 0 Å². The molecule has 0 fully saturated rings. The fourth-order valence-electron chi connectivity index (χ4n) is 3.52. The zero-order valence-electron chi connectivity index (χ0n) is 19.6. The first kappa shape index (κ1) is 24.3. The Hall–Kier alpha value is -4.38. The van der Waals surface area contributed by atoms with Crippen molar-refractivity contribution in [3.63, 3.8) is 0 Å². The smallest absolute Gasteiger partial charge is 0.193 e. The first-order valence-corrected chi connectivity index (χ1v) is 10.9. The standard InChI is InChI=1S/C29H29N3O2/c1-6-9-11-15-22(5)32-26-18-21(4)30-25(20-34-24-16-12-10-13-17-24)29(26)27(33)19-28(32)31-23(8-3)14-7-2/h6-19,31H,2-3,5,20H2,1,4H3/b9-6-,15-11-,23-14+. The van der Waals surface area contributed by atoms with Crippen LogP contribution in [-0.4, -0.2) is 9.55 Å². The fraction of sp³-hybridized carbons (Fsp3) is 0.103. The van der Waals surface area contributed by atoms with Crippen LogP contribution in [0.15, 0.2) is 115 Å². The Labute approximate surface area is 200 Å². The van der Waals surface area contributed by atoms with Crippen LogP contribution in [0.4, 0.5) is 5.82 Å². The summed E-state index contributed by atoms with van der Waals surface area (Å²) < 4.78 is 7.83. The van der Waals surface area contributed by atoms with Crippen LogP contribution in [-0.2, 0) is 6.61 Å². The number of hydrogen-bond donors (Lipinski definition) is 1. The van der Waals surface area contributed by atoms with Crippen LogP contribution < -0.4 is 15.5 Å². The Morgan fingerprint density at radius 1 is 1.18 bits per heavy atom. The van der Waals surface area contributed by atoms with Crippen LogP contribution in [0, 0.1) is 6.92 Å². The van der Waals surface area contributed by atoms with Crippen molar-refractivity contribution in [2.45, 2.75) is 20.5 Å². The predicted molar refractivity (Wildman–Crippen MR) is 143 cm³/mol. The summed E-state index contributed by atoms with van der Waals surface area (Å²) in [6.07, 6.45) is 12.7. The Kier molecular flexibility index (Phi) is 8.19. The van der Waals surface area contributed by atoms with E-state index in [1.165, 1.54) is 0 Å². The van der Waals surface area contributed by atoms with E-state index in [9.17, 15) is 4.79 Å². The van der Waals surface area contributed by atoms with E-state index in [-0.39, 0.29) is 12.0 Å². The van der Waals surface area contributed by atoms with Crippen LogP contribution in [0.2, 0.25) is 0 Å². The second kappa shape index (κ2) is 11.5. The molecule has 172 valence electrons. The molecule has 34 heavy (non-hydrogen) atoms. The zero-order chi connectivity index (χ0) is 24.5. The van der Waals surface area contributed by atoms with Gasteiger partial charge in [0.1, 0.15) is 18.2 Å². The lowest BCUT2D eigenvalue weighted by molar-refractivity contribution is 0.302. The van der Waals surface area contributed by atoms with Gasteiger partial charge in [-0.2, -0.15) is 0 Å². The highest BCUT2D eigenvalue weighted by Gasteiger charge is 2.16. The van der Waals surface area contributed by atoms with Crippen molar-refractivity contribution >= 4 is 22.4 Å². The van der Waals surface area contributed by atoms with Gasteiger partial charge >= 0.3 is 0 Å². The third-order valence-corrected chi connectivity index (χ3v) is 4.99. The number of ether oxygens (including phenoxy) is 1. The van der Waals surface area contributed by atoms with E-state index in [0.717, 1.165) is 5.69 Å². The van der Waals surface area contributed by atoms with E-state index in [1.807, 2.05) is 79.1 Å². The molecular weight excluding hydrogens is 422 g/mol. The number of aromatic nitrogens is 2. The Bertz CT molecular complexity index is 1360. The highest BCUT2D eigenvalue weighted by Crippen LogP contribution is 2.26. The average molecular weight is 452 g/mol. The molecule has 0 spiro atoms. The normalized spacial score (nSPS) is 11.8. The highest BCUT2D eigenvalue weighted by atomic mass is 16.5. The summed E-state index contributed by atoms with van der Waals surface area (Å²) in [5.74, 6) is 1.27. The number of pyridine rings is 2. The maximum Gasteiger partial charge on any atom is 0.193 e. The number of rotatable bonds is 10. The molecule has 0 amide bonds. The lowest BCUT2D eigenvalue weighted by Gasteiger charge is -2.20. The van der Waals surface area contributed by atoms with Gasteiger partial charge < -0.3 is 10.1 Å². The number of hydrogen-bond acceptors (Lipinski definition) is 4. The zero-order valence-corrected chi connectivity index (χ0v) is 19.6. The molecule has 0 aliphatic rings. The summed E-state index contributed by atoms with van der Waals surface area (Å²) in [5, 5.41) is 3.76. The van der Waals surface area contributed by atoms with Gasteiger partial charge in [-0.3, -0.25) is 14.3 Å². The second-order valence-electron chi connectivity index (χ2n) is 7.50. The van der Waals surface area contributed by atoms with E-state index in [4.69, 9.17) is 4.74 Å². The molecule has 0 bridgehead atoms. The number of nitrogens with one attached hydrogen (secondary N) is 1. The first-order chi connectivity index (χ1) is 16.5. The summed E-state index contributed by atoms with van der Waals surface area (Å²) in [7, 11) is 0. The first-order valence-electron chi connectivity index (χ1n) is 10.9. The lowest BCUT2D eigenvalue weighted by Crippen LogP contribution is -2.17. The van der Waals surface area contributed by atoms with Gasteiger partial charge in [0.05, 0.1) is 16.6 Å². The molecular formula is C29H29N3O2. The minimum atomic E-state index is -0.167. The SMILES string of the molecule is C=C/C=C(\C=C)Nc1cc(=O)c2c(COc3ccccc3)nc(C)cc2n1C(=C)/C=C\C=C/C. The number of anilines is 1. The fourth-order valence-corrected chi connectivity index (χ4v) is 3.52. The molecule has 1 N–H and O–H groups in total. The third kappa shape index (κ3) is 5.70. The minimum Gasteiger partial charge on any atom is -0.487 e. The topological polar surface area (TPSA) is 56.1 Å². The van der Waals surface area contributed by atoms with Crippen LogP contribution in [0.3, 0.4) is 0 Å². The van der Waals surface area contributed by atoms with Gasteiger partial charge in [0, 0.05) is 23.2 Å². The third-order valence-electron chi connectivity index (χ3n) is 4.99. The molecule has 1 aromatic carbocycles. The average Bonchev–Trinajstić information content (AvgIpc) is 2.82. The van der Waals surface area contributed by atoms with Crippen LogP contribution in [0.25, 0.3) is 16.6 Å². The molecule has 0 aliphatic carbocycles. The van der Waals surface area contributed by atoms with Crippen LogP contribution in [0.5, 0.6) is 5.75 Å². The summed E-state index contributed by atoms with van der Waals surface area (Å²) in [6.45, 7) is 15.8. The molecule has 0 saturated carbocycles. The lowest BCUT2D eigenvalue weighted by atomic mass is 10.1. The minimum absolute atomic E-state index is 0.166. The van der Waals surface area contributed by atoms with Gasteiger partial charge in [-0.15, -0.1) is 0 Å². The molecule has 3 aromatic rings. The van der Waals surface area contributed by atoms with E-state index in [1.54, 1.807) is 24.3 Å². The van der Waals surface area contributed by atoms with Crippen molar-refractivity contribution in [3.8, 4) is 5.75 Å². The van der Waals surface area contributed by atoms with Gasteiger partial charge in [-0.05, 0) is 50.3 Å². The molecule has 2 heterocycles. The van der Waals surface area contributed by atoms with Crippen molar-refractivity contribution in [2.24, 2.45) is 0 Å². The number of allylic oxidation sites excluding steroid dienone is 8. The summed E-state index contributed by atoms with van der Waals surface area (Å²) in [6, 6.07) is 12.9. The van der Waals surface area contributed by atoms with E-state index < -0.39 is 0 Å². The van der Waals surface area contributed by atoms with Gasteiger partial charge in [0.15, 0.2) is 5.43 Å². The number of fused-ring (bicyclic) bond motifs is 1. The van der Waals surface area contributed by atoms with Crippen molar-refractivity contribution in [2.75, 3.05) is 5.32 Å². The number of nitrogens with zero attached hydrogens (tertiary/aromatic N) is 2. The molecule has 0 radical (unpaired) electrons. The summed E-state index contributed by atoms with van der Waals surface area (Å²) >= 11 is 0. The largest absolute Gasteiger partial charge is 0.487 e. The number of aryl methyl sites for hydroxylation is 1. The molecule has 0 aliphatic heterocycles. The van der Waals surface area contributed by atoms with Gasteiger partial charge in [-0.1, -0.05) is 62.2 Å². The van der Waals surface area contributed by atoms with Crippen molar-refractivity contribution in [1.82, 2.24) is 9.55 Å². The monoisotopic (exact) mass is 451 g/mol. The molecule has 2 aromatic heterocycles. The second-order valence-corrected chi connectivity index (χ2v) is 7.50. The predicted octanol–water partition coefficient (Wildman–Crippen LogP) is 6.55. The molecule has 0 saturated heterocycles. The van der Waals surface area contributed by atoms with Gasteiger partial charge in [0.2, 0.25) is 0 Å². The number of para-hydroxylation sites is 1. The van der Waals surface area contributed by atoms with E-state index in [0.29, 0.717) is 39.6 Å². The van der Waals surface area contributed by atoms with Crippen molar-refractivity contribution in [1.29, 1.82) is 0 Å². The van der Waals surface area contributed by atoms with Crippen LogP contribution in [0.1, 0.15) is 18.3 Å². The maximum atomic E-state index is 13.3. The van der Waals surface area contributed by atoms with E-state index in [2.05, 4.69) is 30.0 Å². The Morgan fingerprint density at radius 3 is 2.62 bits per heavy atom. The molecule has 0 atom stereocenters. The van der Waals surface area contributed by atoms with Crippen LogP contribution >= 0.6 is 0 Å². The highest BCUT2D eigenvalue weighted by molar-refractivity contribution is 5.88.